The van der Waals surface area contributed by atoms with Crippen molar-refractivity contribution in [1.29, 1.82) is 0 Å². The summed E-state index contributed by atoms with van der Waals surface area (Å²) in [6.07, 6.45) is 2.04. The van der Waals surface area contributed by atoms with Crippen molar-refractivity contribution >= 4 is 26.9 Å². The van der Waals surface area contributed by atoms with E-state index in [4.69, 9.17) is 10.2 Å². The zero-order valence-corrected chi connectivity index (χ0v) is 9.38. The fraction of sp³-hybridized carbons (Fsp3) is 0.273. The minimum atomic E-state index is 0.736. The summed E-state index contributed by atoms with van der Waals surface area (Å²) in [7, 11) is 0. The Morgan fingerprint density at radius 3 is 2.93 bits per heavy atom. The Kier molecular flexibility index (Phi) is 2.89. The highest BCUT2D eigenvalue weighted by molar-refractivity contribution is 9.10. The molecule has 0 saturated carbocycles. The summed E-state index contributed by atoms with van der Waals surface area (Å²) in [5, 5.41) is 1.13. The number of benzene rings is 1. The molecule has 2 aromatic rings. The Balaban J connectivity index is 2.31. The van der Waals surface area contributed by atoms with Gasteiger partial charge in [0.1, 0.15) is 5.58 Å². The Hall–Kier alpha value is -0.800. The van der Waals surface area contributed by atoms with Crippen LogP contribution in [0.5, 0.6) is 0 Å². The lowest BCUT2D eigenvalue weighted by Crippen LogP contribution is -1.99. The highest BCUT2D eigenvalue weighted by Gasteiger charge is 2.01. The van der Waals surface area contributed by atoms with Crippen LogP contribution in [0.15, 0.2) is 33.4 Å². The van der Waals surface area contributed by atoms with Crippen molar-refractivity contribution in [2.24, 2.45) is 5.73 Å². The van der Waals surface area contributed by atoms with Crippen LogP contribution in [-0.2, 0) is 6.42 Å². The minimum Gasteiger partial charge on any atom is -0.449 e. The molecule has 0 bridgehead atoms. The maximum atomic E-state index is 5.47. The third-order valence-corrected chi connectivity index (χ3v) is 2.61. The summed E-state index contributed by atoms with van der Waals surface area (Å²) in [6, 6.07) is 8.26. The lowest BCUT2D eigenvalue weighted by molar-refractivity contribution is 0.587. The first-order valence-electron chi connectivity index (χ1n) is 4.67. The smallest absolute Gasteiger partial charge is 0.170 e. The Morgan fingerprint density at radius 1 is 1.29 bits per heavy atom. The van der Waals surface area contributed by atoms with E-state index in [-0.39, 0.29) is 0 Å². The minimum absolute atomic E-state index is 0.736. The number of halogens is 1. The molecule has 3 heteroatoms. The summed E-state index contributed by atoms with van der Waals surface area (Å²) < 4.78 is 6.25. The Bertz CT molecular complexity index is 436. The van der Waals surface area contributed by atoms with Gasteiger partial charge in [-0.3, -0.25) is 0 Å². The van der Waals surface area contributed by atoms with Gasteiger partial charge in [-0.15, -0.1) is 0 Å². The van der Waals surface area contributed by atoms with Gasteiger partial charge >= 0.3 is 0 Å². The Labute approximate surface area is 91.2 Å². The van der Waals surface area contributed by atoms with E-state index in [9.17, 15) is 0 Å². The van der Waals surface area contributed by atoms with Crippen LogP contribution in [-0.4, -0.2) is 6.54 Å². The third-order valence-electron chi connectivity index (χ3n) is 2.22. The van der Waals surface area contributed by atoms with Gasteiger partial charge in [-0.2, -0.15) is 0 Å². The Morgan fingerprint density at radius 2 is 2.14 bits per heavy atom. The molecule has 1 aromatic carbocycles. The van der Waals surface area contributed by atoms with Crippen molar-refractivity contribution in [3.8, 4) is 0 Å². The molecule has 0 radical (unpaired) electrons. The molecule has 2 N–H and O–H groups in total. The molecule has 0 saturated heterocycles. The molecular weight excluding hydrogens is 242 g/mol. The van der Waals surface area contributed by atoms with E-state index in [0.29, 0.717) is 0 Å². The van der Waals surface area contributed by atoms with Crippen LogP contribution in [0.25, 0.3) is 11.0 Å². The molecule has 0 aliphatic rings. The second-order valence-electron chi connectivity index (χ2n) is 3.31. The number of nitrogens with two attached hydrogens (primary N) is 1. The van der Waals surface area contributed by atoms with Gasteiger partial charge in [0, 0.05) is 5.39 Å². The molecule has 0 atom stereocenters. The molecule has 0 fully saturated rings. The summed E-state index contributed by atoms with van der Waals surface area (Å²) in [6.45, 7) is 0.736. The zero-order valence-electron chi connectivity index (χ0n) is 7.79. The van der Waals surface area contributed by atoms with Crippen LogP contribution >= 0.6 is 15.9 Å². The molecule has 14 heavy (non-hydrogen) atoms. The van der Waals surface area contributed by atoms with Crippen LogP contribution in [0.3, 0.4) is 0 Å². The summed E-state index contributed by atoms with van der Waals surface area (Å²) >= 11 is 3.32. The lowest BCUT2D eigenvalue weighted by atomic mass is 10.1. The average molecular weight is 254 g/mol. The van der Waals surface area contributed by atoms with E-state index in [2.05, 4.69) is 34.1 Å². The van der Waals surface area contributed by atoms with Gasteiger partial charge in [0.15, 0.2) is 4.67 Å². The van der Waals surface area contributed by atoms with Crippen molar-refractivity contribution in [2.75, 3.05) is 6.54 Å². The van der Waals surface area contributed by atoms with Crippen molar-refractivity contribution in [2.45, 2.75) is 12.8 Å². The van der Waals surface area contributed by atoms with Gasteiger partial charge in [0.05, 0.1) is 0 Å². The van der Waals surface area contributed by atoms with Crippen LogP contribution in [0.4, 0.5) is 0 Å². The highest BCUT2D eigenvalue weighted by atomic mass is 79.9. The van der Waals surface area contributed by atoms with Crippen LogP contribution in [0.2, 0.25) is 0 Å². The molecule has 0 spiro atoms. The standard InChI is InChI=1S/C11H12BrNO/c12-11-7-9-4-3-8(2-1-5-13)6-10(9)14-11/h3-4,6-7H,1-2,5,13H2. The monoisotopic (exact) mass is 253 g/mol. The SMILES string of the molecule is NCCCc1ccc2cc(Br)oc2c1. The van der Waals surface area contributed by atoms with E-state index >= 15 is 0 Å². The predicted octanol–water partition coefficient (Wildman–Crippen LogP) is 3.09. The maximum absolute atomic E-state index is 5.47. The van der Waals surface area contributed by atoms with Gasteiger partial charge in [-0.05, 0) is 53.0 Å². The van der Waals surface area contributed by atoms with Crippen molar-refractivity contribution in [3.05, 3.63) is 34.5 Å². The van der Waals surface area contributed by atoms with Crippen molar-refractivity contribution in [3.63, 3.8) is 0 Å². The quantitative estimate of drug-likeness (QED) is 0.914. The molecule has 0 amide bonds. The molecule has 2 nitrogen and oxygen atoms in total. The maximum Gasteiger partial charge on any atom is 0.170 e. The number of fused-ring (bicyclic) bond motifs is 1. The molecule has 2 rings (SSSR count). The fourth-order valence-electron chi connectivity index (χ4n) is 1.50. The van der Waals surface area contributed by atoms with Gasteiger partial charge < -0.3 is 10.2 Å². The van der Waals surface area contributed by atoms with Crippen molar-refractivity contribution < 1.29 is 4.42 Å². The van der Waals surface area contributed by atoms with E-state index in [1.807, 2.05) is 6.07 Å². The van der Waals surface area contributed by atoms with Crippen LogP contribution in [0, 0.1) is 0 Å². The highest BCUT2D eigenvalue weighted by Crippen LogP contribution is 2.24. The van der Waals surface area contributed by atoms with Gasteiger partial charge in [0.25, 0.3) is 0 Å². The molecule has 0 unspecified atom stereocenters. The number of furan rings is 1. The summed E-state index contributed by atoms with van der Waals surface area (Å²) in [4.78, 5) is 0. The summed E-state index contributed by atoms with van der Waals surface area (Å²) in [5.41, 5.74) is 7.68. The first-order valence-corrected chi connectivity index (χ1v) is 5.47. The van der Waals surface area contributed by atoms with Crippen LogP contribution < -0.4 is 5.73 Å². The number of rotatable bonds is 3. The first kappa shape index (κ1) is 9.74. The fourth-order valence-corrected chi connectivity index (χ4v) is 1.93. The second-order valence-corrected chi connectivity index (χ2v) is 4.10. The van der Waals surface area contributed by atoms with Gasteiger partial charge in [-0.25, -0.2) is 0 Å². The topological polar surface area (TPSA) is 39.2 Å². The third kappa shape index (κ3) is 1.99. The number of hydrogen-bond acceptors (Lipinski definition) is 2. The lowest BCUT2D eigenvalue weighted by Gasteiger charge is -1.98. The molecule has 74 valence electrons. The van der Waals surface area contributed by atoms with E-state index < -0.39 is 0 Å². The molecule has 0 aliphatic carbocycles. The second kappa shape index (κ2) is 4.15. The van der Waals surface area contributed by atoms with Crippen molar-refractivity contribution in [1.82, 2.24) is 0 Å². The first-order chi connectivity index (χ1) is 6.79. The van der Waals surface area contributed by atoms with E-state index in [1.165, 1.54) is 5.56 Å². The molecule has 0 aliphatic heterocycles. The molecule has 1 aromatic heterocycles. The number of aryl methyl sites for hydroxylation is 1. The van der Waals surface area contributed by atoms with E-state index in [0.717, 1.165) is 35.0 Å². The normalized spacial score (nSPS) is 11.0. The van der Waals surface area contributed by atoms with Crippen LogP contribution in [0.1, 0.15) is 12.0 Å². The predicted molar refractivity (Wildman–Crippen MR) is 61.3 cm³/mol. The van der Waals surface area contributed by atoms with E-state index in [1.54, 1.807) is 0 Å². The number of hydrogen-bond donors (Lipinski definition) is 1. The average Bonchev–Trinajstić information content (AvgIpc) is 2.54. The zero-order chi connectivity index (χ0) is 9.97. The molecule has 1 heterocycles. The van der Waals surface area contributed by atoms with Gasteiger partial charge in [-0.1, -0.05) is 12.1 Å². The largest absolute Gasteiger partial charge is 0.449 e. The molecular formula is C11H12BrNO. The van der Waals surface area contributed by atoms with Gasteiger partial charge in [0.2, 0.25) is 0 Å². The summed E-state index contributed by atoms with van der Waals surface area (Å²) in [5.74, 6) is 0.